The highest BCUT2D eigenvalue weighted by molar-refractivity contribution is 6.07. The topological polar surface area (TPSA) is 0 Å². The molecule has 4 rings (SSSR count). The van der Waals surface area contributed by atoms with E-state index < -0.39 is 0 Å². The average Bonchev–Trinajstić information content (AvgIpc) is 2.57. The molecule has 4 aromatic carbocycles. The molecule has 0 unspecified atom stereocenters. The van der Waals surface area contributed by atoms with Crippen molar-refractivity contribution in [3.05, 3.63) is 83.9 Å². The Morgan fingerprint density at radius 1 is 0.500 bits per heavy atom. The fraction of sp³-hybridized carbons (Fsp3) is 0.0909. The van der Waals surface area contributed by atoms with Gasteiger partial charge in [-0.1, -0.05) is 72.8 Å². The van der Waals surface area contributed by atoms with Crippen molar-refractivity contribution in [1.29, 1.82) is 0 Å². The summed E-state index contributed by atoms with van der Waals surface area (Å²) in [5, 5.41) is 5.34. The van der Waals surface area contributed by atoms with Crippen molar-refractivity contribution in [2.75, 3.05) is 0 Å². The molecular weight excluding hydrogens is 264 g/mol. The van der Waals surface area contributed by atoms with Crippen LogP contribution in [0.3, 0.4) is 0 Å². The Kier molecular flexibility index (Phi) is 2.97. The first kappa shape index (κ1) is 13.1. The van der Waals surface area contributed by atoms with Crippen LogP contribution in [0, 0.1) is 13.8 Å². The minimum atomic E-state index is 1.29. The molecule has 0 atom stereocenters. The number of rotatable bonds is 1. The van der Waals surface area contributed by atoms with Gasteiger partial charge in [0.2, 0.25) is 0 Å². The van der Waals surface area contributed by atoms with Gasteiger partial charge in [0.1, 0.15) is 0 Å². The molecular formula is C22H18. The SMILES string of the molecule is Cc1ccc(C)c2c(-c3cccc4ccccc34)cccc12. The number of fused-ring (bicyclic) bond motifs is 2. The molecule has 0 radical (unpaired) electrons. The van der Waals surface area contributed by atoms with Crippen molar-refractivity contribution in [2.24, 2.45) is 0 Å². The lowest BCUT2D eigenvalue weighted by Crippen LogP contribution is -1.88. The molecule has 0 fully saturated rings. The van der Waals surface area contributed by atoms with E-state index in [-0.39, 0.29) is 0 Å². The van der Waals surface area contributed by atoms with Crippen LogP contribution in [0.15, 0.2) is 72.8 Å². The lowest BCUT2D eigenvalue weighted by atomic mass is 9.90. The maximum Gasteiger partial charge on any atom is -0.00732 e. The van der Waals surface area contributed by atoms with Crippen molar-refractivity contribution >= 4 is 21.5 Å². The summed E-state index contributed by atoms with van der Waals surface area (Å²) in [5.74, 6) is 0. The Hall–Kier alpha value is -2.60. The monoisotopic (exact) mass is 282 g/mol. The van der Waals surface area contributed by atoms with Gasteiger partial charge in [0, 0.05) is 0 Å². The van der Waals surface area contributed by atoms with Gasteiger partial charge in [0.15, 0.2) is 0 Å². The van der Waals surface area contributed by atoms with Gasteiger partial charge in [0.05, 0.1) is 0 Å². The van der Waals surface area contributed by atoms with Gasteiger partial charge in [-0.25, -0.2) is 0 Å². The van der Waals surface area contributed by atoms with E-state index in [9.17, 15) is 0 Å². The second kappa shape index (κ2) is 4.99. The molecule has 0 saturated carbocycles. The van der Waals surface area contributed by atoms with E-state index in [0.29, 0.717) is 0 Å². The van der Waals surface area contributed by atoms with Crippen LogP contribution in [0.4, 0.5) is 0 Å². The van der Waals surface area contributed by atoms with Crippen LogP contribution in [-0.4, -0.2) is 0 Å². The van der Waals surface area contributed by atoms with Crippen LogP contribution >= 0.6 is 0 Å². The quantitative estimate of drug-likeness (QED) is 0.385. The van der Waals surface area contributed by atoms with Gasteiger partial charge in [-0.05, 0) is 57.6 Å². The highest BCUT2D eigenvalue weighted by atomic mass is 14.1. The predicted molar refractivity (Wildman–Crippen MR) is 96.4 cm³/mol. The van der Waals surface area contributed by atoms with Crippen LogP contribution in [0.5, 0.6) is 0 Å². The maximum absolute atomic E-state index is 2.25. The van der Waals surface area contributed by atoms with Gasteiger partial charge in [0.25, 0.3) is 0 Å². The Balaban J connectivity index is 2.16. The number of hydrogen-bond acceptors (Lipinski definition) is 0. The van der Waals surface area contributed by atoms with Crippen molar-refractivity contribution < 1.29 is 0 Å². The average molecular weight is 282 g/mol. The number of hydrogen-bond donors (Lipinski definition) is 0. The summed E-state index contributed by atoms with van der Waals surface area (Å²) in [6.07, 6.45) is 0. The zero-order valence-corrected chi connectivity index (χ0v) is 12.9. The predicted octanol–water partition coefficient (Wildman–Crippen LogP) is 6.28. The van der Waals surface area contributed by atoms with Crippen LogP contribution in [-0.2, 0) is 0 Å². The normalized spacial score (nSPS) is 11.2. The van der Waals surface area contributed by atoms with E-state index in [4.69, 9.17) is 0 Å². The fourth-order valence-electron chi connectivity index (χ4n) is 3.41. The zero-order valence-electron chi connectivity index (χ0n) is 12.9. The third kappa shape index (κ3) is 1.92. The van der Waals surface area contributed by atoms with Gasteiger partial charge < -0.3 is 0 Å². The Bertz CT molecular complexity index is 988. The summed E-state index contributed by atoms with van der Waals surface area (Å²) in [4.78, 5) is 0. The minimum Gasteiger partial charge on any atom is -0.0616 e. The summed E-state index contributed by atoms with van der Waals surface area (Å²) >= 11 is 0. The van der Waals surface area contributed by atoms with Gasteiger partial charge in [-0.2, -0.15) is 0 Å². The summed E-state index contributed by atoms with van der Waals surface area (Å²) < 4.78 is 0. The Morgan fingerprint density at radius 3 is 2.05 bits per heavy atom. The van der Waals surface area contributed by atoms with Crippen molar-refractivity contribution in [1.82, 2.24) is 0 Å². The molecule has 0 amide bonds. The lowest BCUT2D eigenvalue weighted by molar-refractivity contribution is 1.46. The first-order valence-electron chi connectivity index (χ1n) is 7.73. The molecule has 0 spiro atoms. The molecule has 106 valence electrons. The van der Waals surface area contributed by atoms with E-state index in [1.807, 2.05) is 0 Å². The molecule has 0 heteroatoms. The molecule has 0 heterocycles. The van der Waals surface area contributed by atoms with Gasteiger partial charge in [-0.15, -0.1) is 0 Å². The number of benzene rings is 4. The Labute approximate surface area is 131 Å². The van der Waals surface area contributed by atoms with Crippen molar-refractivity contribution in [3.63, 3.8) is 0 Å². The first-order chi connectivity index (χ1) is 10.8. The second-order valence-corrected chi connectivity index (χ2v) is 5.95. The summed E-state index contributed by atoms with van der Waals surface area (Å²) in [6.45, 7) is 4.39. The summed E-state index contributed by atoms with van der Waals surface area (Å²) in [5.41, 5.74) is 5.32. The molecule has 0 nitrogen and oxygen atoms in total. The molecule has 0 N–H and O–H groups in total. The third-order valence-corrected chi connectivity index (χ3v) is 4.55. The molecule has 0 aliphatic heterocycles. The van der Waals surface area contributed by atoms with E-state index in [0.717, 1.165) is 0 Å². The molecule has 0 aromatic heterocycles. The molecule has 22 heavy (non-hydrogen) atoms. The standard InChI is InChI=1S/C22H18/c1-15-13-14-16(2)22-18(15)10-6-12-21(22)20-11-5-8-17-7-3-4-9-19(17)20/h3-14H,1-2H3. The fourth-order valence-corrected chi connectivity index (χ4v) is 3.41. The smallest absolute Gasteiger partial charge is 0.00732 e. The Morgan fingerprint density at radius 2 is 1.14 bits per heavy atom. The van der Waals surface area contributed by atoms with Crippen LogP contribution in [0.2, 0.25) is 0 Å². The van der Waals surface area contributed by atoms with Gasteiger partial charge in [-0.3, -0.25) is 0 Å². The molecule has 0 bridgehead atoms. The maximum atomic E-state index is 2.25. The molecule has 0 saturated heterocycles. The van der Waals surface area contributed by atoms with Crippen molar-refractivity contribution in [2.45, 2.75) is 13.8 Å². The number of aryl methyl sites for hydroxylation is 2. The lowest BCUT2D eigenvalue weighted by Gasteiger charge is -2.13. The summed E-state index contributed by atoms with van der Waals surface area (Å²) in [6, 6.07) is 26.3. The third-order valence-electron chi connectivity index (χ3n) is 4.55. The molecule has 0 aliphatic rings. The first-order valence-corrected chi connectivity index (χ1v) is 7.73. The summed E-state index contributed by atoms with van der Waals surface area (Å²) in [7, 11) is 0. The highest BCUT2D eigenvalue weighted by Crippen LogP contribution is 2.36. The van der Waals surface area contributed by atoms with Crippen LogP contribution in [0.1, 0.15) is 11.1 Å². The molecule has 4 aromatic rings. The minimum absolute atomic E-state index is 1.29. The van der Waals surface area contributed by atoms with Crippen LogP contribution in [0.25, 0.3) is 32.7 Å². The second-order valence-electron chi connectivity index (χ2n) is 5.95. The van der Waals surface area contributed by atoms with E-state index in [1.165, 1.54) is 43.8 Å². The van der Waals surface area contributed by atoms with Crippen LogP contribution < -0.4 is 0 Å². The highest BCUT2D eigenvalue weighted by Gasteiger charge is 2.10. The van der Waals surface area contributed by atoms with E-state index in [1.54, 1.807) is 0 Å². The van der Waals surface area contributed by atoms with E-state index in [2.05, 4.69) is 86.6 Å². The molecule has 0 aliphatic carbocycles. The van der Waals surface area contributed by atoms with Crippen molar-refractivity contribution in [3.8, 4) is 11.1 Å². The zero-order chi connectivity index (χ0) is 15.1. The van der Waals surface area contributed by atoms with E-state index >= 15 is 0 Å². The van der Waals surface area contributed by atoms with Gasteiger partial charge >= 0.3 is 0 Å². The largest absolute Gasteiger partial charge is 0.0616 e.